The van der Waals surface area contributed by atoms with Crippen LogP contribution in [0, 0.1) is 5.41 Å². The van der Waals surface area contributed by atoms with Gasteiger partial charge in [-0.1, -0.05) is 42.5 Å². The Morgan fingerprint density at radius 2 is 1.70 bits per heavy atom. The molecule has 0 bridgehead atoms. The molecule has 2 amide bonds. The molecule has 0 saturated heterocycles. The molecule has 2 rings (SSSR count). The molecular weight excluding hydrogens is 369 g/mol. The number of carbonyl (C=O) groups excluding carboxylic acids is 1. The lowest BCUT2D eigenvalue weighted by atomic mass is 10.1. The predicted molar refractivity (Wildman–Crippen MR) is 103 cm³/mol. The zero-order valence-electron chi connectivity index (χ0n) is 14.4. The fraction of sp³-hybridized carbons (Fsp3) is 0.176. The van der Waals surface area contributed by atoms with Crippen LogP contribution < -0.4 is 21.7 Å². The molecular formula is C17H22N5O4P. The second kappa shape index (κ2) is 9.18. The number of benzene rings is 2. The van der Waals surface area contributed by atoms with E-state index in [1.165, 1.54) is 0 Å². The molecule has 1 atom stereocenters. The highest BCUT2D eigenvalue weighted by atomic mass is 31.2. The fourth-order valence-corrected chi connectivity index (χ4v) is 3.07. The number of amides is 2. The number of rotatable bonds is 7. The van der Waals surface area contributed by atoms with Crippen LogP contribution in [0.2, 0.25) is 0 Å². The normalized spacial score (nSPS) is 12.1. The minimum atomic E-state index is -4.57. The molecule has 9 nitrogen and oxygen atoms in total. The van der Waals surface area contributed by atoms with Crippen molar-refractivity contribution in [3.63, 3.8) is 0 Å². The molecule has 8 N–H and O–H groups in total. The quantitative estimate of drug-likeness (QED) is 0.215. The standard InChI is InChI=1S/C17H22N5O4P/c18-16(19)21-14-8-6-12(7-9-14)10-15(27(24,25)26)22-17(23)20-11-13-4-2-1-3-5-13/h1-9,15H,10-11H2,(H4,18,19,21)(H2,20,22,23)(H2,24,25,26). The second-order valence-corrected chi connectivity index (χ2v) is 7.66. The van der Waals surface area contributed by atoms with Crippen molar-refractivity contribution in [3.05, 3.63) is 65.7 Å². The molecule has 0 saturated carbocycles. The highest BCUT2D eigenvalue weighted by Crippen LogP contribution is 2.41. The van der Waals surface area contributed by atoms with Crippen molar-refractivity contribution < 1.29 is 19.1 Å². The Kier molecular flexibility index (Phi) is 6.95. The number of nitrogens with two attached hydrogens (primary N) is 1. The van der Waals surface area contributed by atoms with Crippen LogP contribution >= 0.6 is 7.60 Å². The molecule has 0 fully saturated rings. The maximum atomic E-state index is 12.0. The first-order chi connectivity index (χ1) is 12.7. The van der Waals surface area contributed by atoms with Crippen LogP contribution in [0.3, 0.4) is 0 Å². The van der Waals surface area contributed by atoms with E-state index in [0.29, 0.717) is 11.3 Å². The predicted octanol–water partition coefficient (Wildman–Crippen LogP) is 1.54. The first kappa shape index (κ1) is 20.4. The van der Waals surface area contributed by atoms with Crippen molar-refractivity contribution in [2.45, 2.75) is 18.7 Å². The monoisotopic (exact) mass is 391 g/mol. The van der Waals surface area contributed by atoms with Crippen LogP contribution in [0.1, 0.15) is 11.1 Å². The highest BCUT2D eigenvalue weighted by Gasteiger charge is 2.30. The van der Waals surface area contributed by atoms with Crippen molar-refractivity contribution in [2.75, 3.05) is 5.32 Å². The van der Waals surface area contributed by atoms with Crippen molar-refractivity contribution in [1.82, 2.24) is 10.6 Å². The summed E-state index contributed by atoms with van der Waals surface area (Å²) in [6.45, 7) is 0.242. The summed E-state index contributed by atoms with van der Waals surface area (Å²) in [5.41, 5.74) is 7.30. The van der Waals surface area contributed by atoms with Gasteiger partial charge in [0, 0.05) is 18.7 Å². The topological polar surface area (TPSA) is 161 Å². The van der Waals surface area contributed by atoms with E-state index in [-0.39, 0.29) is 18.9 Å². The molecule has 0 aromatic heterocycles. The van der Waals surface area contributed by atoms with E-state index in [1.54, 1.807) is 24.3 Å². The van der Waals surface area contributed by atoms with Crippen molar-refractivity contribution in [2.24, 2.45) is 5.73 Å². The summed E-state index contributed by atoms with van der Waals surface area (Å²) in [5.74, 6) is -1.58. The Morgan fingerprint density at radius 3 is 2.26 bits per heavy atom. The third-order valence-corrected chi connectivity index (χ3v) is 4.79. The number of anilines is 1. The van der Waals surface area contributed by atoms with E-state index in [9.17, 15) is 19.1 Å². The van der Waals surface area contributed by atoms with Gasteiger partial charge in [0.25, 0.3) is 0 Å². The van der Waals surface area contributed by atoms with Crippen molar-refractivity contribution >= 4 is 25.3 Å². The summed E-state index contributed by atoms with van der Waals surface area (Å²) in [6, 6.07) is 15.0. The number of urea groups is 1. The van der Waals surface area contributed by atoms with Crippen LogP contribution in [-0.2, 0) is 17.5 Å². The van der Waals surface area contributed by atoms with Gasteiger partial charge in [-0.15, -0.1) is 0 Å². The van der Waals surface area contributed by atoms with E-state index in [0.717, 1.165) is 5.56 Å². The van der Waals surface area contributed by atoms with Gasteiger partial charge < -0.3 is 31.5 Å². The molecule has 0 aliphatic rings. The van der Waals surface area contributed by atoms with Crippen molar-refractivity contribution in [3.8, 4) is 0 Å². The maximum Gasteiger partial charge on any atom is 0.348 e. The molecule has 27 heavy (non-hydrogen) atoms. The lowest BCUT2D eigenvalue weighted by Gasteiger charge is -2.20. The molecule has 0 spiro atoms. The molecule has 2 aromatic rings. The van der Waals surface area contributed by atoms with Crippen LogP contribution in [0.4, 0.5) is 10.5 Å². The molecule has 0 radical (unpaired) electrons. The van der Waals surface area contributed by atoms with Gasteiger partial charge in [0.1, 0.15) is 5.78 Å². The summed E-state index contributed by atoms with van der Waals surface area (Å²) >= 11 is 0. The van der Waals surface area contributed by atoms with Gasteiger partial charge in [0.2, 0.25) is 0 Å². The zero-order valence-corrected chi connectivity index (χ0v) is 15.3. The largest absolute Gasteiger partial charge is 0.370 e. The second-order valence-electron chi connectivity index (χ2n) is 5.86. The summed E-state index contributed by atoms with van der Waals surface area (Å²) < 4.78 is 11.8. The number of carbonyl (C=O) groups is 1. The van der Waals surface area contributed by atoms with Gasteiger partial charge in [0.15, 0.2) is 5.96 Å². The van der Waals surface area contributed by atoms with E-state index in [1.807, 2.05) is 30.3 Å². The molecule has 0 aliphatic carbocycles. The van der Waals surface area contributed by atoms with Crippen LogP contribution in [0.25, 0.3) is 0 Å². The number of guanidine groups is 1. The lowest BCUT2D eigenvalue weighted by molar-refractivity contribution is 0.236. The van der Waals surface area contributed by atoms with Gasteiger partial charge in [-0.3, -0.25) is 9.97 Å². The smallest absolute Gasteiger partial charge is 0.348 e. The minimum Gasteiger partial charge on any atom is -0.370 e. The fourth-order valence-electron chi connectivity index (χ4n) is 2.34. The first-order valence-corrected chi connectivity index (χ1v) is 9.75. The Balaban J connectivity index is 1.97. The van der Waals surface area contributed by atoms with E-state index < -0.39 is 19.4 Å². The summed E-state index contributed by atoms with van der Waals surface area (Å²) in [7, 11) is -4.57. The summed E-state index contributed by atoms with van der Waals surface area (Å²) in [4.78, 5) is 31.1. The van der Waals surface area contributed by atoms with Crippen LogP contribution in [0.15, 0.2) is 54.6 Å². The molecule has 144 valence electrons. The molecule has 0 heterocycles. The van der Waals surface area contributed by atoms with E-state index >= 15 is 0 Å². The Bertz CT molecular complexity index is 823. The average Bonchev–Trinajstić information content (AvgIpc) is 2.60. The van der Waals surface area contributed by atoms with Gasteiger partial charge in [0.05, 0.1) is 0 Å². The molecule has 1 unspecified atom stereocenters. The molecule has 10 heteroatoms. The van der Waals surface area contributed by atoms with Gasteiger partial charge in [-0.25, -0.2) is 4.79 Å². The minimum absolute atomic E-state index is 0.0522. The number of nitrogens with one attached hydrogen (secondary N) is 4. The zero-order chi connectivity index (χ0) is 19.9. The van der Waals surface area contributed by atoms with Gasteiger partial charge in [-0.2, -0.15) is 0 Å². The number of hydrogen-bond donors (Lipinski definition) is 7. The average molecular weight is 391 g/mol. The number of hydrogen-bond acceptors (Lipinski definition) is 3. The third kappa shape index (κ3) is 7.10. The van der Waals surface area contributed by atoms with E-state index in [4.69, 9.17) is 11.1 Å². The Morgan fingerprint density at radius 1 is 1.07 bits per heavy atom. The Hall–Kier alpha value is -2.87. The van der Waals surface area contributed by atoms with Gasteiger partial charge in [-0.05, 0) is 23.3 Å². The Labute approximate surface area is 156 Å². The van der Waals surface area contributed by atoms with Gasteiger partial charge >= 0.3 is 13.6 Å². The van der Waals surface area contributed by atoms with Crippen molar-refractivity contribution in [1.29, 1.82) is 5.41 Å². The molecule has 2 aromatic carbocycles. The highest BCUT2D eigenvalue weighted by molar-refractivity contribution is 7.52. The van der Waals surface area contributed by atoms with Crippen LogP contribution in [0.5, 0.6) is 0 Å². The first-order valence-electron chi connectivity index (χ1n) is 8.07. The lowest BCUT2D eigenvalue weighted by Crippen LogP contribution is -2.42. The summed E-state index contributed by atoms with van der Waals surface area (Å²) in [6.07, 6.45) is -0.0522. The third-order valence-electron chi connectivity index (χ3n) is 3.66. The summed E-state index contributed by atoms with van der Waals surface area (Å²) in [5, 5.41) is 14.7. The molecule has 0 aliphatic heterocycles. The van der Waals surface area contributed by atoms with Crippen LogP contribution in [-0.4, -0.2) is 27.6 Å². The van der Waals surface area contributed by atoms with E-state index in [2.05, 4.69) is 16.0 Å². The maximum absolute atomic E-state index is 12.0. The SMILES string of the molecule is N=C(N)Nc1ccc(CC(NC(=O)NCc2ccccc2)P(=O)(O)O)cc1.